The number of thiophene rings is 1. The number of rotatable bonds is 4. The van der Waals surface area contributed by atoms with Crippen molar-refractivity contribution in [3.05, 3.63) is 69.4 Å². The fraction of sp³-hybridized carbons (Fsp3) is 0.240. The Balaban J connectivity index is 1.74. The van der Waals surface area contributed by atoms with Crippen LogP contribution in [0.15, 0.2) is 46.2 Å². The maximum Gasteiger partial charge on any atom is 0.417 e. The fourth-order valence-electron chi connectivity index (χ4n) is 3.47. The van der Waals surface area contributed by atoms with Gasteiger partial charge in [-0.05, 0) is 57.5 Å². The Morgan fingerprint density at radius 3 is 2.39 bits per heavy atom. The molecule has 3 heterocycles. The molecular weight excluding hydrogens is 517 g/mol. The number of ether oxygens (including phenoxy) is 1. The Morgan fingerprint density at radius 2 is 1.78 bits per heavy atom. The van der Waals surface area contributed by atoms with E-state index in [2.05, 4.69) is 10.3 Å². The normalized spacial score (nSPS) is 12.1. The summed E-state index contributed by atoms with van der Waals surface area (Å²) < 4.78 is 51.4. The van der Waals surface area contributed by atoms with Crippen LogP contribution < -0.4 is 5.32 Å². The topological polar surface area (TPSA) is 81.4 Å². The van der Waals surface area contributed by atoms with Crippen molar-refractivity contribution >= 4 is 50.9 Å². The molecule has 4 aromatic rings. The zero-order valence-corrected chi connectivity index (χ0v) is 21.1. The van der Waals surface area contributed by atoms with Crippen LogP contribution in [0.25, 0.3) is 22.2 Å². The Labute approximate surface area is 213 Å². The lowest BCUT2D eigenvalue weighted by atomic mass is 10.0. The second-order valence-corrected chi connectivity index (χ2v) is 10.3. The van der Waals surface area contributed by atoms with Crippen LogP contribution in [0.5, 0.6) is 0 Å². The van der Waals surface area contributed by atoms with Crippen LogP contribution in [0.3, 0.4) is 0 Å². The van der Waals surface area contributed by atoms with E-state index in [9.17, 15) is 22.8 Å². The summed E-state index contributed by atoms with van der Waals surface area (Å²) in [6, 6.07) is 8.63. The van der Waals surface area contributed by atoms with Crippen molar-refractivity contribution in [2.75, 3.05) is 5.32 Å². The van der Waals surface area contributed by atoms with Gasteiger partial charge in [0, 0.05) is 21.7 Å². The molecule has 0 bridgehead atoms. The molecule has 6 nitrogen and oxygen atoms in total. The molecule has 1 aromatic carbocycles. The average Bonchev–Trinajstić information content (AvgIpc) is 3.36. The lowest BCUT2D eigenvalue weighted by molar-refractivity contribution is -0.136. The van der Waals surface area contributed by atoms with Crippen molar-refractivity contribution in [2.24, 2.45) is 0 Å². The minimum absolute atomic E-state index is 0.0919. The largest absolute Gasteiger partial charge is 0.456 e. The Kier molecular flexibility index (Phi) is 6.61. The second kappa shape index (κ2) is 9.25. The van der Waals surface area contributed by atoms with Crippen LogP contribution in [-0.4, -0.2) is 22.5 Å². The zero-order valence-electron chi connectivity index (χ0n) is 19.5. The summed E-state index contributed by atoms with van der Waals surface area (Å²) in [5.74, 6) is -1.90. The number of esters is 1. The predicted octanol–water partition coefficient (Wildman–Crippen LogP) is 7.74. The molecule has 0 atom stereocenters. The highest BCUT2D eigenvalue weighted by atomic mass is 35.5. The third-order valence-corrected chi connectivity index (χ3v) is 6.09. The smallest absolute Gasteiger partial charge is 0.417 e. The predicted molar refractivity (Wildman–Crippen MR) is 132 cm³/mol. The van der Waals surface area contributed by atoms with E-state index in [-0.39, 0.29) is 33.1 Å². The molecule has 188 valence electrons. The average molecular weight is 537 g/mol. The lowest BCUT2D eigenvalue weighted by Gasteiger charge is -2.20. The van der Waals surface area contributed by atoms with Gasteiger partial charge in [-0.1, -0.05) is 23.7 Å². The summed E-state index contributed by atoms with van der Waals surface area (Å²) in [5, 5.41) is 4.57. The molecule has 1 N–H and O–H groups in total. The number of furan rings is 1. The summed E-state index contributed by atoms with van der Waals surface area (Å²) in [6.07, 6.45) is -4.66. The van der Waals surface area contributed by atoms with Crippen LogP contribution in [0, 0.1) is 6.92 Å². The second-order valence-electron chi connectivity index (χ2n) is 8.95. The van der Waals surface area contributed by atoms with Crippen LogP contribution in [-0.2, 0) is 10.9 Å². The monoisotopic (exact) mass is 536 g/mol. The van der Waals surface area contributed by atoms with Crippen LogP contribution in [0.1, 0.15) is 52.9 Å². The van der Waals surface area contributed by atoms with Crippen molar-refractivity contribution in [3.63, 3.8) is 0 Å². The first-order chi connectivity index (χ1) is 16.7. The van der Waals surface area contributed by atoms with Crippen molar-refractivity contribution in [2.45, 2.75) is 39.5 Å². The van der Waals surface area contributed by atoms with Gasteiger partial charge in [-0.2, -0.15) is 13.2 Å². The van der Waals surface area contributed by atoms with Gasteiger partial charge in [0.25, 0.3) is 5.91 Å². The minimum Gasteiger partial charge on any atom is -0.456 e. The SMILES string of the molecule is Cc1cc(C(F)(F)F)c2cc(C(=O)Nc3scc(-c4ccc(Cl)cc4)c3C(=O)OC(C)(C)C)oc2n1. The van der Waals surface area contributed by atoms with Gasteiger partial charge in [0.2, 0.25) is 5.71 Å². The molecule has 1 amide bonds. The maximum absolute atomic E-state index is 13.5. The number of halogens is 4. The molecule has 0 radical (unpaired) electrons. The number of nitrogens with one attached hydrogen (secondary N) is 1. The number of hydrogen-bond acceptors (Lipinski definition) is 6. The van der Waals surface area contributed by atoms with Crippen molar-refractivity contribution < 1.29 is 31.9 Å². The molecule has 0 fully saturated rings. The van der Waals surface area contributed by atoms with E-state index in [0.29, 0.717) is 16.1 Å². The van der Waals surface area contributed by atoms with E-state index in [4.69, 9.17) is 20.8 Å². The number of pyridine rings is 1. The fourth-order valence-corrected chi connectivity index (χ4v) is 4.55. The number of alkyl halides is 3. The molecule has 36 heavy (non-hydrogen) atoms. The quantitative estimate of drug-likeness (QED) is 0.270. The number of nitrogens with zero attached hydrogens (tertiary/aromatic N) is 1. The minimum atomic E-state index is -4.66. The van der Waals surface area contributed by atoms with Gasteiger partial charge < -0.3 is 14.5 Å². The maximum atomic E-state index is 13.5. The molecule has 0 spiro atoms. The number of benzene rings is 1. The van der Waals surface area contributed by atoms with Crippen LogP contribution >= 0.6 is 22.9 Å². The Morgan fingerprint density at radius 1 is 1.11 bits per heavy atom. The first-order valence-electron chi connectivity index (χ1n) is 10.6. The van der Waals surface area contributed by atoms with Crippen molar-refractivity contribution in [1.29, 1.82) is 0 Å². The van der Waals surface area contributed by atoms with Crippen molar-refractivity contribution in [3.8, 4) is 11.1 Å². The van der Waals surface area contributed by atoms with E-state index in [1.807, 2.05) is 0 Å². The number of carbonyl (C=O) groups is 2. The summed E-state index contributed by atoms with van der Waals surface area (Å²) >= 11 is 7.05. The molecular formula is C25H20ClF3N2O4S. The summed E-state index contributed by atoms with van der Waals surface area (Å²) in [6.45, 7) is 6.52. The Hall–Kier alpha value is -3.37. The molecule has 3 aromatic heterocycles. The molecule has 0 saturated heterocycles. The van der Waals surface area contributed by atoms with E-state index < -0.39 is 29.2 Å². The summed E-state index contributed by atoms with van der Waals surface area (Å²) in [5.41, 5.74) is -0.719. The first kappa shape index (κ1) is 25.7. The standard InChI is InChI=1S/C25H20ClF3N2O4S/c1-12-9-17(25(27,28)29)15-10-18(34-21(15)30-12)20(32)31-22-19(23(33)35-24(2,3)4)16(11-36-22)13-5-7-14(26)8-6-13/h5-11H,1-4H3,(H,31,32). The number of aromatic nitrogens is 1. The van der Waals surface area contributed by atoms with E-state index in [1.54, 1.807) is 50.4 Å². The first-order valence-corrected chi connectivity index (χ1v) is 11.9. The van der Waals surface area contributed by atoms with Gasteiger partial charge >= 0.3 is 12.1 Å². The third-order valence-electron chi connectivity index (χ3n) is 4.94. The number of anilines is 1. The highest BCUT2D eigenvalue weighted by Crippen LogP contribution is 2.39. The van der Waals surface area contributed by atoms with Crippen LogP contribution in [0.4, 0.5) is 18.2 Å². The number of amides is 1. The molecule has 11 heteroatoms. The molecule has 0 saturated carbocycles. The molecule has 0 aliphatic rings. The van der Waals surface area contributed by atoms with E-state index >= 15 is 0 Å². The van der Waals surface area contributed by atoms with Gasteiger partial charge in [-0.3, -0.25) is 4.79 Å². The highest BCUT2D eigenvalue weighted by Gasteiger charge is 2.35. The lowest BCUT2D eigenvalue weighted by Crippen LogP contribution is -2.25. The highest BCUT2D eigenvalue weighted by molar-refractivity contribution is 7.15. The zero-order chi connectivity index (χ0) is 26.4. The summed E-state index contributed by atoms with van der Waals surface area (Å²) in [7, 11) is 0. The van der Waals surface area contributed by atoms with E-state index in [0.717, 1.165) is 23.5 Å². The third kappa shape index (κ3) is 5.39. The molecule has 4 rings (SSSR count). The molecule has 0 aliphatic heterocycles. The number of aryl methyl sites for hydroxylation is 1. The van der Waals surface area contributed by atoms with Gasteiger partial charge in [-0.25, -0.2) is 9.78 Å². The van der Waals surface area contributed by atoms with Gasteiger partial charge in [0.1, 0.15) is 16.2 Å². The van der Waals surface area contributed by atoms with E-state index in [1.165, 1.54) is 6.92 Å². The van der Waals surface area contributed by atoms with Crippen LogP contribution in [0.2, 0.25) is 5.02 Å². The molecule has 0 aliphatic carbocycles. The summed E-state index contributed by atoms with van der Waals surface area (Å²) in [4.78, 5) is 30.1. The number of hydrogen-bond donors (Lipinski definition) is 1. The number of carbonyl (C=O) groups excluding carboxylic acids is 2. The van der Waals surface area contributed by atoms with Gasteiger partial charge in [0.15, 0.2) is 5.76 Å². The number of fused-ring (bicyclic) bond motifs is 1. The Bertz CT molecular complexity index is 1470. The van der Waals surface area contributed by atoms with Gasteiger partial charge in [0.05, 0.1) is 10.9 Å². The molecule has 0 unspecified atom stereocenters. The van der Waals surface area contributed by atoms with Crippen molar-refractivity contribution in [1.82, 2.24) is 4.98 Å². The van der Waals surface area contributed by atoms with Gasteiger partial charge in [-0.15, -0.1) is 11.3 Å².